The Kier molecular flexibility index (Phi) is 4.68. The van der Waals surface area contributed by atoms with Crippen molar-refractivity contribution in [2.24, 2.45) is 0 Å². The first kappa shape index (κ1) is 12.9. The summed E-state index contributed by atoms with van der Waals surface area (Å²) in [5, 5.41) is 9.23. The van der Waals surface area contributed by atoms with Gasteiger partial charge in [0.05, 0.1) is 6.10 Å². The lowest BCUT2D eigenvalue weighted by atomic mass is 10.1. The second-order valence-corrected chi connectivity index (χ2v) is 4.52. The molecule has 1 rings (SSSR count). The van der Waals surface area contributed by atoms with Crippen LogP contribution in [0.25, 0.3) is 0 Å². The third-order valence-electron chi connectivity index (χ3n) is 2.54. The van der Waals surface area contributed by atoms with Crippen LogP contribution in [0.1, 0.15) is 38.8 Å². The number of rotatable bonds is 5. The highest BCUT2D eigenvalue weighted by atomic mass is 16.3. The van der Waals surface area contributed by atoms with Gasteiger partial charge in [0.15, 0.2) is 0 Å². The van der Waals surface area contributed by atoms with E-state index in [1.165, 1.54) is 0 Å². The summed E-state index contributed by atoms with van der Waals surface area (Å²) in [5.74, 6) is 1.33. The number of nitrogens with zero attached hydrogens (tertiary/aromatic N) is 3. The Morgan fingerprint density at radius 3 is 2.56 bits per heavy atom. The summed E-state index contributed by atoms with van der Waals surface area (Å²) < 4.78 is 0. The Hall–Kier alpha value is -1.16. The van der Waals surface area contributed by atoms with Gasteiger partial charge in [-0.05, 0) is 19.3 Å². The summed E-state index contributed by atoms with van der Waals surface area (Å²) in [6, 6.07) is 2.01. The van der Waals surface area contributed by atoms with Crippen molar-refractivity contribution in [1.82, 2.24) is 9.97 Å². The van der Waals surface area contributed by atoms with Gasteiger partial charge >= 0.3 is 0 Å². The van der Waals surface area contributed by atoms with Crippen LogP contribution in [0.3, 0.4) is 0 Å². The zero-order chi connectivity index (χ0) is 12.1. The van der Waals surface area contributed by atoms with E-state index < -0.39 is 0 Å². The fraction of sp³-hybridized carbons (Fsp3) is 0.667. The van der Waals surface area contributed by atoms with E-state index in [4.69, 9.17) is 0 Å². The maximum absolute atomic E-state index is 9.23. The highest BCUT2D eigenvalue weighted by Crippen LogP contribution is 2.16. The molecule has 90 valence electrons. The standard InChI is InChI=1S/C12H21N3O/c1-9(2)11-7-12(14-8-13-11)15(4)6-5-10(3)16/h7-10,16H,5-6H2,1-4H3. The highest BCUT2D eigenvalue weighted by molar-refractivity contribution is 5.38. The molecule has 1 atom stereocenters. The molecule has 0 fully saturated rings. The quantitative estimate of drug-likeness (QED) is 0.827. The second kappa shape index (κ2) is 5.80. The van der Waals surface area contributed by atoms with Crippen molar-refractivity contribution in [2.75, 3.05) is 18.5 Å². The van der Waals surface area contributed by atoms with Crippen LogP contribution in [-0.4, -0.2) is 34.8 Å². The van der Waals surface area contributed by atoms with E-state index in [0.717, 1.165) is 24.5 Å². The van der Waals surface area contributed by atoms with Crippen molar-refractivity contribution < 1.29 is 5.11 Å². The molecule has 1 aromatic rings. The summed E-state index contributed by atoms with van der Waals surface area (Å²) in [4.78, 5) is 10.5. The van der Waals surface area contributed by atoms with Crippen LogP contribution in [0.4, 0.5) is 5.82 Å². The van der Waals surface area contributed by atoms with E-state index in [2.05, 4.69) is 23.8 Å². The van der Waals surface area contributed by atoms with Gasteiger partial charge in [0.25, 0.3) is 0 Å². The topological polar surface area (TPSA) is 49.2 Å². The van der Waals surface area contributed by atoms with E-state index in [1.807, 2.05) is 18.0 Å². The van der Waals surface area contributed by atoms with Crippen LogP contribution >= 0.6 is 0 Å². The molecule has 1 N–H and O–H groups in total. The third-order valence-corrected chi connectivity index (χ3v) is 2.54. The van der Waals surface area contributed by atoms with Crippen LogP contribution in [0.15, 0.2) is 12.4 Å². The normalized spacial score (nSPS) is 12.9. The first-order chi connectivity index (χ1) is 7.50. The molecule has 0 saturated heterocycles. The van der Waals surface area contributed by atoms with Crippen LogP contribution in [0.5, 0.6) is 0 Å². The van der Waals surface area contributed by atoms with E-state index >= 15 is 0 Å². The minimum Gasteiger partial charge on any atom is -0.393 e. The Bertz CT molecular complexity index is 326. The molecule has 0 aliphatic carbocycles. The van der Waals surface area contributed by atoms with Gasteiger partial charge < -0.3 is 10.0 Å². The van der Waals surface area contributed by atoms with Gasteiger partial charge in [-0.15, -0.1) is 0 Å². The van der Waals surface area contributed by atoms with Crippen LogP contribution in [0.2, 0.25) is 0 Å². The van der Waals surface area contributed by atoms with E-state index in [0.29, 0.717) is 5.92 Å². The zero-order valence-electron chi connectivity index (χ0n) is 10.5. The number of aliphatic hydroxyl groups excluding tert-OH is 1. The van der Waals surface area contributed by atoms with Gasteiger partial charge in [0.2, 0.25) is 0 Å². The van der Waals surface area contributed by atoms with Crippen LogP contribution in [-0.2, 0) is 0 Å². The van der Waals surface area contributed by atoms with Crippen molar-refractivity contribution in [3.8, 4) is 0 Å². The lowest BCUT2D eigenvalue weighted by Crippen LogP contribution is -2.23. The predicted octanol–water partition coefficient (Wildman–Crippen LogP) is 1.81. The molecule has 0 radical (unpaired) electrons. The van der Waals surface area contributed by atoms with Crippen molar-refractivity contribution in [3.63, 3.8) is 0 Å². The number of aromatic nitrogens is 2. The first-order valence-electron chi connectivity index (χ1n) is 5.72. The summed E-state index contributed by atoms with van der Waals surface area (Å²) in [7, 11) is 1.98. The molecular weight excluding hydrogens is 202 g/mol. The molecule has 0 amide bonds. The fourth-order valence-corrected chi connectivity index (χ4v) is 1.38. The Morgan fingerprint density at radius 1 is 1.31 bits per heavy atom. The first-order valence-corrected chi connectivity index (χ1v) is 5.72. The van der Waals surface area contributed by atoms with E-state index in [1.54, 1.807) is 13.3 Å². The number of hydrogen-bond acceptors (Lipinski definition) is 4. The van der Waals surface area contributed by atoms with E-state index in [9.17, 15) is 5.11 Å². The summed E-state index contributed by atoms with van der Waals surface area (Å²) in [6.45, 7) is 6.82. The van der Waals surface area contributed by atoms with Crippen LogP contribution < -0.4 is 4.90 Å². The van der Waals surface area contributed by atoms with Gasteiger partial charge in [0, 0.05) is 25.4 Å². The molecule has 1 heterocycles. The fourth-order valence-electron chi connectivity index (χ4n) is 1.38. The summed E-state index contributed by atoms with van der Waals surface area (Å²) in [5.41, 5.74) is 1.05. The largest absolute Gasteiger partial charge is 0.393 e. The zero-order valence-corrected chi connectivity index (χ0v) is 10.5. The van der Waals surface area contributed by atoms with Crippen molar-refractivity contribution in [1.29, 1.82) is 0 Å². The number of hydrogen-bond donors (Lipinski definition) is 1. The molecule has 1 aromatic heterocycles. The van der Waals surface area contributed by atoms with Crippen molar-refractivity contribution >= 4 is 5.82 Å². The number of aliphatic hydroxyl groups is 1. The monoisotopic (exact) mass is 223 g/mol. The van der Waals surface area contributed by atoms with Crippen molar-refractivity contribution in [3.05, 3.63) is 18.1 Å². The molecule has 0 saturated carbocycles. The van der Waals surface area contributed by atoms with Gasteiger partial charge in [0.1, 0.15) is 12.1 Å². The molecule has 4 heteroatoms. The molecular formula is C12H21N3O. The third kappa shape index (κ3) is 3.77. The molecule has 16 heavy (non-hydrogen) atoms. The van der Waals surface area contributed by atoms with Gasteiger partial charge in [-0.2, -0.15) is 0 Å². The Labute approximate surface area is 97.3 Å². The Morgan fingerprint density at radius 2 is 2.00 bits per heavy atom. The molecule has 0 aliphatic heterocycles. The molecule has 0 bridgehead atoms. The SMILES string of the molecule is CC(O)CCN(C)c1cc(C(C)C)ncn1. The minimum atomic E-state index is -0.270. The molecule has 0 aromatic carbocycles. The molecule has 0 spiro atoms. The minimum absolute atomic E-state index is 0.270. The average Bonchev–Trinajstić information content (AvgIpc) is 2.26. The average molecular weight is 223 g/mol. The molecule has 4 nitrogen and oxygen atoms in total. The van der Waals surface area contributed by atoms with E-state index in [-0.39, 0.29) is 6.10 Å². The summed E-state index contributed by atoms with van der Waals surface area (Å²) in [6.07, 6.45) is 2.08. The molecule has 1 unspecified atom stereocenters. The highest BCUT2D eigenvalue weighted by Gasteiger charge is 2.07. The molecule has 0 aliphatic rings. The van der Waals surface area contributed by atoms with Gasteiger partial charge in [-0.1, -0.05) is 13.8 Å². The number of anilines is 1. The lowest BCUT2D eigenvalue weighted by molar-refractivity contribution is 0.187. The van der Waals surface area contributed by atoms with Crippen molar-refractivity contribution in [2.45, 2.75) is 39.2 Å². The van der Waals surface area contributed by atoms with Gasteiger partial charge in [-0.25, -0.2) is 9.97 Å². The maximum Gasteiger partial charge on any atom is 0.131 e. The van der Waals surface area contributed by atoms with Crippen LogP contribution in [0, 0.1) is 0 Å². The predicted molar refractivity (Wildman–Crippen MR) is 65.7 cm³/mol. The van der Waals surface area contributed by atoms with Gasteiger partial charge in [-0.3, -0.25) is 0 Å². The lowest BCUT2D eigenvalue weighted by Gasteiger charge is -2.19. The summed E-state index contributed by atoms with van der Waals surface area (Å²) >= 11 is 0. The smallest absolute Gasteiger partial charge is 0.131 e. The second-order valence-electron chi connectivity index (χ2n) is 4.52. The maximum atomic E-state index is 9.23. The Balaban J connectivity index is 2.68.